The molecule has 1 saturated heterocycles. The molecule has 0 bridgehead atoms. The van der Waals surface area contributed by atoms with E-state index in [0.717, 1.165) is 48.3 Å². The van der Waals surface area contributed by atoms with Crippen molar-refractivity contribution in [2.24, 2.45) is 0 Å². The van der Waals surface area contributed by atoms with E-state index in [4.69, 9.17) is 21.1 Å². The van der Waals surface area contributed by atoms with Gasteiger partial charge in [0.25, 0.3) is 0 Å². The van der Waals surface area contributed by atoms with E-state index in [0.29, 0.717) is 6.04 Å². The highest BCUT2D eigenvalue weighted by atomic mass is 35.5. The molecule has 1 N–H and O–H groups in total. The van der Waals surface area contributed by atoms with Crippen LogP contribution in [0.3, 0.4) is 0 Å². The number of nitrogens with zero attached hydrogens (tertiary/aromatic N) is 1. The normalized spacial score (nSPS) is 21.0. The lowest BCUT2D eigenvalue weighted by molar-refractivity contribution is 0.173. The Morgan fingerprint density at radius 3 is 2.61 bits per heavy atom. The summed E-state index contributed by atoms with van der Waals surface area (Å²) < 4.78 is 10.7. The van der Waals surface area contributed by atoms with E-state index in [1.54, 1.807) is 0 Å². The molecule has 0 radical (unpaired) electrons. The summed E-state index contributed by atoms with van der Waals surface area (Å²) in [5, 5.41) is 4.11. The zero-order valence-electron chi connectivity index (χ0n) is 10.4. The highest BCUT2D eigenvalue weighted by molar-refractivity contribution is 6.31. The predicted octanol–water partition coefficient (Wildman–Crippen LogP) is 2.03. The van der Waals surface area contributed by atoms with Gasteiger partial charge in [0.05, 0.1) is 0 Å². The Bertz CT molecular complexity index is 447. The first-order valence-electron chi connectivity index (χ1n) is 6.29. The molecule has 3 rings (SSSR count). The Balaban J connectivity index is 1.86. The van der Waals surface area contributed by atoms with Crippen LogP contribution in [0.4, 0.5) is 0 Å². The molecule has 2 aliphatic rings. The van der Waals surface area contributed by atoms with Gasteiger partial charge in [-0.3, -0.25) is 4.90 Å². The molecule has 98 valence electrons. The molecule has 0 unspecified atom stereocenters. The van der Waals surface area contributed by atoms with Gasteiger partial charge in [0, 0.05) is 43.3 Å². The number of rotatable bonds is 2. The van der Waals surface area contributed by atoms with Gasteiger partial charge in [-0.15, -0.1) is 0 Å². The number of nitrogens with one attached hydrogen (secondary N) is 1. The lowest BCUT2D eigenvalue weighted by atomic mass is 10.1. The quantitative estimate of drug-likeness (QED) is 0.890. The number of ether oxygens (including phenoxy) is 2. The summed E-state index contributed by atoms with van der Waals surface area (Å²) in [6.07, 6.45) is 0. The Kier molecular flexibility index (Phi) is 3.33. The molecule has 1 aromatic rings. The van der Waals surface area contributed by atoms with E-state index in [9.17, 15) is 0 Å². The maximum atomic E-state index is 6.34. The number of fused-ring (bicyclic) bond motifs is 1. The number of benzene rings is 1. The first kappa shape index (κ1) is 12.1. The van der Waals surface area contributed by atoms with Crippen LogP contribution < -0.4 is 14.8 Å². The van der Waals surface area contributed by atoms with E-state index in [-0.39, 0.29) is 6.79 Å². The van der Waals surface area contributed by atoms with Gasteiger partial charge >= 0.3 is 0 Å². The number of hydrogen-bond donors (Lipinski definition) is 1. The standard InChI is InChI=1S/C13H17ClN2O2/c1-9(16-4-2-15-3-5-16)10-6-12-13(7-11(10)14)18-8-17-12/h6-7,9,15H,2-5,8H2,1H3/t9-/m0/s1. The van der Waals surface area contributed by atoms with E-state index < -0.39 is 0 Å². The van der Waals surface area contributed by atoms with Crippen molar-refractivity contribution < 1.29 is 9.47 Å². The topological polar surface area (TPSA) is 33.7 Å². The van der Waals surface area contributed by atoms with Crippen LogP contribution in [0.1, 0.15) is 18.5 Å². The van der Waals surface area contributed by atoms with Crippen LogP contribution >= 0.6 is 11.6 Å². The molecule has 0 amide bonds. The minimum Gasteiger partial charge on any atom is -0.454 e. The van der Waals surface area contributed by atoms with Crippen molar-refractivity contribution in [3.05, 3.63) is 22.7 Å². The van der Waals surface area contributed by atoms with Gasteiger partial charge in [-0.1, -0.05) is 11.6 Å². The lowest BCUT2D eigenvalue weighted by Gasteiger charge is -2.33. The molecule has 1 fully saturated rings. The van der Waals surface area contributed by atoms with Crippen LogP contribution in [0.15, 0.2) is 12.1 Å². The van der Waals surface area contributed by atoms with Crippen molar-refractivity contribution in [1.82, 2.24) is 10.2 Å². The molecule has 1 aromatic carbocycles. The second kappa shape index (κ2) is 4.96. The van der Waals surface area contributed by atoms with Gasteiger partial charge in [-0.05, 0) is 18.6 Å². The molecule has 18 heavy (non-hydrogen) atoms. The van der Waals surface area contributed by atoms with Gasteiger partial charge in [-0.25, -0.2) is 0 Å². The fourth-order valence-corrected chi connectivity index (χ4v) is 2.83. The Hall–Kier alpha value is -0.970. The van der Waals surface area contributed by atoms with Crippen molar-refractivity contribution in [1.29, 1.82) is 0 Å². The molecule has 1 atom stereocenters. The fraction of sp³-hybridized carbons (Fsp3) is 0.538. The molecule has 0 aromatic heterocycles. The van der Waals surface area contributed by atoms with Crippen molar-refractivity contribution in [2.75, 3.05) is 33.0 Å². The zero-order valence-corrected chi connectivity index (χ0v) is 11.2. The van der Waals surface area contributed by atoms with Crippen LogP contribution in [0.2, 0.25) is 5.02 Å². The molecular weight excluding hydrogens is 252 g/mol. The SMILES string of the molecule is C[C@@H](c1cc2c(cc1Cl)OCO2)N1CCNCC1. The first-order chi connectivity index (χ1) is 8.75. The second-order valence-electron chi connectivity index (χ2n) is 4.69. The third-order valence-corrected chi connectivity index (χ3v) is 3.97. The summed E-state index contributed by atoms with van der Waals surface area (Å²) in [7, 11) is 0. The maximum Gasteiger partial charge on any atom is 0.231 e. The zero-order chi connectivity index (χ0) is 12.5. The van der Waals surface area contributed by atoms with Gasteiger partial charge in [0.15, 0.2) is 11.5 Å². The summed E-state index contributed by atoms with van der Waals surface area (Å²) in [6.45, 7) is 6.64. The minimum atomic E-state index is 0.289. The van der Waals surface area contributed by atoms with E-state index in [1.807, 2.05) is 12.1 Å². The number of hydrogen-bond acceptors (Lipinski definition) is 4. The largest absolute Gasteiger partial charge is 0.454 e. The van der Waals surface area contributed by atoms with E-state index in [1.165, 1.54) is 0 Å². The predicted molar refractivity (Wildman–Crippen MR) is 70.4 cm³/mol. The summed E-state index contributed by atoms with van der Waals surface area (Å²) in [6, 6.07) is 4.17. The molecule has 5 heteroatoms. The van der Waals surface area contributed by atoms with E-state index >= 15 is 0 Å². The van der Waals surface area contributed by atoms with Gasteiger partial charge in [0.1, 0.15) is 0 Å². The Labute approximate surface area is 112 Å². The van der Waals surface area contributed by atoms with Crippen LogP contribution in [0.25, 0.3) is 0 Å². The number of piperazine rings is 1. The maximum absolute atomic E-state index is 6.34. The Morgan fingerprint density at radius 2 is 1.89 bits per heavy atom. The molecular formula is C13H17ClN2O2. The van der Waals surface area contributed by atoms with E-state index in [2.05, 4.69) is 17.1 Å². The minimum absolute atomic E-state index is 0.289. The van der Waals surface area contributed by atoms with Crippen LogP contribution in [-0.4, -0.2) is 37.9 Å². The van der Waals surface area contributed by atoms with Gasteiger partial charge in [-0.2, -0.15) is 0 Å². The van der Waals surface area contributed by atoms with Gasteiger partial charge < -0.3 is 14.8 Å². The second-order valence-corrected chi connectivity index (χ2v) is 5.10. The van der Waals surface area contributed by atoms with Crippen molar-refractivity contribution in [3.8, 4) is 11.5 Å². The summed E-state index contributed by atoms with van der Waals surface area (Å²) in [4.78, 5) is 2.43. The molecule has 0 spiro atoms. The Morgan fingerprint density at radius 1 is 1.22 bits per heavy atom. The third kappa shape index (κ3) is 2.16. The first-order valence-corrected chi connectivity index (χ1v) is 6.67. The van der Waals surface area contributed by atoms with Gasteiger partial charge in [0.2, 0.25) is 6.79 Å². The monoisotopic (exact) mass is 268 g/mol. The van der Waals surface area contributed by atoms with Crippen LogP contribution in [-0.2, 0) is 0 Å². The van der Waals surface area contributed by atoms with Crippen molar-refractivity contribution in [2.45, 2.75) is 13.0 Å². The summed E-state index contributed by atoms with van der Waals surface area (Å²) in [5.74, 6) is 1.55. The molecule has 0 saturated carbocycles. The third-order valence-electron chi connectivity index (χ3n) is 3.64. The van der Waals surface area contributed by atoms with Crippen molar-refractivity contribution >= 4 is 11.6 Å². The fourth-order valence-electron chi connectivity index (χ4n) is 2.52. The smallest absolute Gasteiger partial charge is 0.231 e. The highest BCUT2D eigenvalue weighted by Gasteiger charge is 2.23. The number of halogens is 1. The summed E-state index contributed by atoms with van der Waals surface area (Å²) >= 11 is 6.34. The molecule has 2 heterocycles. The lowest BCUT2D eigenvalue weighted by Crippen LogP contribution is -2.44. The van der Waals surface area contributed by atoms with Crippen molar-refractivity contribution in [3.63, 3.8) is 0 Å². The highest BCUT2D eigenvalue weighted by Crippen LogP contribution is 2.40. The van der Waals surface area contributed by atoms with Crippen LogP contribution in [0.5, 0.6) is 11.5 Å². The molecule has 0 aliphatic carbocycles. The molecule has 2 aliphatic heterocycles. The van der Waals surface area contributed by atoms with Crippen LogP contribution in [0, 0.1) is 0 Å². The summed E-state index contributed by atoms with van der Waals surface area (Å²) in [5.41, 5.74) is 1.11. The average molecular weight is 269 g/mol. The molecule has 4 nitrogen and oxygen atoms in total. The average Bonchev–Trinajstić information content (AvgIpc) is 2.85.